The Morgan fingerprint density at radius 3 is 2.82 bits per heavy atom. The van der Waals surface area contributed by atoms with Crippen molar-refractivity contribution < 1.29 is 19.4 Å². The van der Waals surface area contributed by atoms with E-state index in [-0.39, 0.29) is 25.0 Å². The lowest BCUT2D eigenvalue weighted by Gasteiger charge is -2.30. The molecule has 0 atom stereocenters. The molecule has 1 aliphatic carbocycles. The summed E-state index contributed by atoms with van der Waals surface area (Å²) in [5.41, 5.74) is 1.65. The number of nitrogens with one attached hydrogen (secondary N) is 2. The van der Waals surface area contributed by atoms with Crippen molar-refractivity contribution in [1.82, 2.24) is 15.3 Å². The molecule has 176 valence electrons. The quantitative estimate of drug-likeness (QED) is 0.582. The van der Waals surface area contributed by atoms with E-state index in [0.717, 1.165) is 18.7 Å². The van der Waals surface area contributed by atoms with Crippen LogP contribution in [-0.4, -0.2) is 66.8 Å². The lowest BCUT2D eigenvalue weighted by molar-refractivity contribution is -0.118. The molecule has 0 radical (unpaired) electrons. The molecule has 3 N–H and O–H groups in total. The number of carbonyl (C=O) groups is 2. The largest absolute Gasteiger partial charge is 0.495 e. The van der Waals surface area contributed by atoms with Gasteiger partial charge in [0, 0.05) is 38.2 Å². The summed E-state index contributed by atoms with van der Waals surface area (Å²) < 4.78 is 5.45. The Morgan fingerprint density at radius 2 is 2.09 bits per heavy atom. The summed E-state index contributed by atoms with van der Waals surface area (Å²) in [5.74, 6) is 1.37. The van der Waals surface area contributed by atoms with E-state index in [0.29, 0.717) is 47.6 Å². The number of rotatable bonds is 7. The first-order valence-corrected chi connectivity index (χ1v) is 11.3. The Morgan fingerprint density at radius 1 is 1.30 bits per heavy atom. The summed E-state index contributed by atoms with van der Waals surface area (Å²) in [6.07, 6.45) is 6.63. The van der Waals surface area contributed by atoms with Crippen LogP contribution in [0.1, 0.15) is 42.5 Å². The first-order chi connectivity index (χ1) is 16.0. The Balaban J connectivity index is 1.67. The van der Waals surface area contributed by atoms with Gasteiger partial charge in [-0.2, -0.15) is 4.98 Å². The molecule has 1 saturated carbocycles. The molecular weight excluding hydrogens is 424 g/mol. The molecule has 2 amide bonds. The van der Waals surface area contributed by atoms with Gasteiger partial charge in [-0.1, -0.05) is 12.8 Å². The maximum Gasteiger partial charge on any atom is 0.251 e. The molecule has 10 heteroatoms. The summed E-state index contributed by atoms with van der Waals surface area (Å²) in [7, 11) is 3.31. The molecular formula is C23H30N6O4. The number of nitrogens with zero attached hydrogens (tertiary/aromatic N) is 4. The molecule has 1 aromatic carbocycles. The molecule has 4 rings (SSSR count). The van der Waals surface area contributed by atoms with E-state index >= 15 is 0 Å². The minimum atomic E-state index is -0.301. The minimum Gasteiger partial charge on any atom is -0.495 e. The summed E-state index contributed by atoms with van der Waals surface area (Å²) >= 11 is 0. The molecule has 0 spiro atoms. The average Bonchev–Trinajstić information content (AvgIpc) is 3.33. The number of amides is 2. The van der Waals surface area contributed by atoms with E-state index in [4.69, 9.17) is 14.8 Å². The molecule has 2 aromatic rings. The second kappa shape index (κ2) is 10.0. The van der Waals surface area contributed by atoms with Gasteiger partial charge in [-0.15, -0.1) is 0 Å². The van der Waals surface area contributed by atoms with Crippen molar-refractivity contribution in [3.8, 4) is 5.75 Å². The molecule has 1 aliphatic heterocycles. The molecule has 0 bridgehead atoms. The summed E-state index contributed by atoms with van der Waals surface area (Å²) in [6.45, 7) is 0.663. The number of aromatic nitrogens is 2. The minimum absolute atomic E-state index is 0.0457. The van der Waals surface area contributed by atoms with E-state index in [1.807, 2.05) is 0 Å². The molecule has 10 nitrogen and oxygen atoms in total. The predicted molar refractivity (Wildman–Crippen MR) is 125 cm³/mol. The predicted octanol–water partition coefficient (Wildman–Crippen LogP) is 2.07. The van der Waals surface area contributed by atoms with Crippen LogP contribution in [0.2, 0.25) is 0 Å². The highest BCUT2D eigenvalue weighted by Crippen LogP contribution is 2.36. The monoisotopic (exact) mass is 454 g/mol. The number of benzene rings is 1. The average molecular weight is 455 g/mol. The molecule has 33 heavy (non-hydrogen) atoms. The zero-order chi connectivity index (χ0) is 23.4. The second-order valence-electron chi connectivity index (χ2n) is 8.26. The van der Waals surface area contributed by atoms with Crippen molar-refractivity contribution in [2.24, 2.45) is 0 Å². The third kappa shape index (κ3) is 4.85. The van der Waals surface area contributed by atoms with Crippen LogP contribution in [-0.2, 0) is 4.79 Å². The fraction of sp³-hybridized carbons (Fsp3) is 0.478. The van der Waals surface area contributed by atoms with Crippen molar-refractivity contribution >= 4 is 35.0 Å². The van der Waals surface area contributed by atoms with Crippen LogP contribution in [0.5, 0.6) is 5.75 Å². The molecule has 2 heterocycles. The van der Waals surface area contributed by atoms with Gasteiger partial charge in [-0.3, -0.25) is 9.59 Å². The number of aliphatic hydroxyl groups is 1. The van der Waals surface area contributed by atoms with E-state index < -0.39 is 0 Å². The molecule has 0 unspecified atom stereocenters. The van der Waals surface area contributed by atoms with Crippen molar-refractivity contribution in [2.75, 3.05) is 49.0 Å². The van der Waals surface area contributed by atoms with Crippen molar-refractivity contribution in [3.63, 3.8) is 0 Å². The molecule has 1 fully saturated rings. The number of fused-ring (bicyclic) bond motifs is 1. The number of ether oxygens (including phenoxy) is 1. The van der Waals surface area contributed by atoms with Crippen LogP contribution >= 0.6 is 0 Å². The van der Waals surface area contributed by atoms with E-state index in [9.17, 15) is 9.59 Å². The van der Waals surface area contributed by atoms with E-state index in [2.05, 4.69) is 20.5 Å². The lowest BCUT2D eigenvalue weighted by atomic mass is 10.1. The highest BCUT2D eigenvalue weighted by atomic mass is 16.5. The van der Waals surface area contributed by atoms with Gasteiger partial charge in [-0.05, 0) is 31.0 Å². The van der Waals surface area contributed by atoms with Crippen molar-refractivity contribution in [2.45, 2.75) is 38.1 Å². The van der Waals surface area contributed by atoms with Crippen LogP contribution < -0.4 is 25.2 Å². The van der Waals surface area contributed by atoms with Crippen LogP contribution in [0, 0.1) is 0 Å². The van der Waals surface area contributed by atoms with Gasteiger partial charge in [0.15, 0.2) is 5.82 Å². The first kappa shape index (κ1) is 22.8. The zero-order valence-electron chi connectivity index (χ0n) is 19.0. The Bertz CT molecular complexity index is 1020. The fourth-order valence-electron chi connectivity index (χ4n) is 4.41. The van der Waals surface area contributed by atoms with Gasteiger partial charge in [0.05, 0.1) is 25.6 Å². The van der Waals surface area contributed by atoms with Gasteiger partial charge in [0.2, 0.25) is 11.9 Å². The topological polar surface area (TPSA) is 120 Å². The number of methoxy groups -OCH3 is 1. The van der Waals surface area contributed by atoms with Crippen LogP contribution in [0.4, 0.5) is 23.1 Å². The second-order valence-corrected chi connectivity index (χ2v) is 8.26. The third-order valence-electron chi connectivity index (χ3n) is 6.20. The number of carbonyl (C=O) groups excluding carboxylic acids is 2. The SMILES string of the molecule is COc1ccc(C(=O)NCCO)cc1Nc1ncc2c(n1)N(C1CCCC1)CCC(=O)N2C. The zero-order valence-corrected chi connectivity index (χ0v) is 19.0. The molecule has 2 aliphatic rings. The maximum atomic E-state index is 12.5. The summed E-state index contributed by atoms with van der Waals surface area (Å²) in [4.78, 5) is 38.0. The van der Waals surface area contributed by atoms with Gasteiger partial charge >= 0.3 is 0 Å². The standard InChI is InChI=1S/C23H30N6O4/c1-28-18-14-25-23(27-21(18)29(11-9-20(28)31)16-5-3-4-6-16)26-17-13-15(7-8-19(17)33-2)22(32)24-10-12-30/h7-8,13-14,16,30H,3-6,9-12H2,1-2H3,(H,24,32)(H,25,26,27). The Hall–Kier alpha value is -3.40. The Kier molecular flexibility index (Phi) is 6.93. The van der Waals surface area contributed by atoms with Gasteiger partial charge in [0.1, 0.15) is 11.4 Å². The molecule has 0 saturated heterocycles. The molecule has 1 aromatic heterocycles. The van der Waals surface area contributed by atoms with Crippen molar-refractivity contribution in [1.29, 1.82) is 0 Å². The lowest BCUT2D eigenvalue weighted by Crippen LogP contribution is -2.34. The van der Waals surface area contributed by atoms with Crippen LogP contribution in [0.25, 0.3) is 0 Å². The van der Waals surface area contributed by atoms with Gasteiger partial charge in [0.25, 0.3) is 5.91 Å². The van der Waals surface area contributed by atoms with E-state index in [1.54, 1.807) is 43.5 Å². The van der Waals surface area contributed by atoms with Crippen LogP contribution in [0.3, 0.4) is 0 Å². The van der Waals surface area contributed by atoms with Gasteiger partial charge < -0.3 is 30.3 Å². The first-order valence-electron chi connectivity index (χ1n) is 11.3. The van der Waals surface area contributed by atoms with Gasteiger partial charge in [-0.25, -0.2) is 4.98 Å². The van der Waals surface area contributed by atoms with Crippen molar-refractivity contribution in [3.05, 3.63) is 30.0 Å². The smallest absolute Gasteiger partial charge is 0.251 e. The summed E-state index contributed by atoms with van der Waals surface area (Å²) in [6, 6.07) is 5.36. The number of anilines is 4. The number of hydrogen-bond donors (Lipinski definition) is 3. The maximum absolute atomic E-state index is 12.5. The van der Waals surface area contributed by atoms with E-state index in [1.165, 1.54) is 12.8 Å². The number of hydrogen-bond acceptors (Lipinski definition) is 8. The normalized spacial score (nSPS) is 16.4. The third-order valence-corrected chi connectivity index (χ3v) is 6.20. The highest BCUT2D eigenvalue weighted by molar-refractivity contribution is 5.97. The highest BCUT2D eigenvalue weighted by Gasteiger charge is 2.31. The fourth-order valence-corrected chi connectivity index (χ4v) is 4.41. The summed E-state index contributed by atoms with van der Waals surface area (Å²) in [5, 5.41) is 14.8. The van der Waals surface area contributed by atoms with Crippen LogP contribution in [0.15, 0.2) is 24.4 Å². The number of aliphatic hydroxyl groups excluding tert-OH is 1. The Labute approximate surface area is 193 Å².